The van der Waals surface area contributed by atoms with Gasteiger partial charge in [0.2, 0.25) is 0 Å². The summed E-state index contributed by atoms with van der Waals surface area (Å²) in [4.78, 5) is 24.3. The van der Waals surface area contributed by atoms with Crippen LogP contribution in [0.4, 0.5) is 0 Å². The fourth-order valence-electron chi connectivity index (χ4n) is 1.93. The molecule has 0 radical (unpaired) electrons. The van der Waals surface area contributed by atoms with Gasteiger partial charge in [0.05, 0.1) is 13.7 Å². The summed E-state index contributed by atoms with van der Waals surface area (Å²) in [5.41, 5.74) is 7.13. The molecule has 0 spiro atoms. The maximum atomic E-state index is 12.0. The number of ketones is 1. The number of nitrogens with two attached hydrogens (primary N) is 1. The second-order valence-electron chi connectivity index (χ2n) is 4.78. The third-order valence-electron chi connectivity index (χ3n) is 3.25. The van der Waals surface area contributed by atoms with Crippen molar-refractivity contribution >= 4 is 28.9 Å². The monoisotopic (exact) mass is 328 g/mol. The lowest BCUT2D eigenvalue weighted by Gasteiger charge is -2.06. The molecule has 5 nitrogen and oxygen atoms in total. The highest BCUT2D eigenvalue weighted by molar-refractivity contribution is 7.80. The van der Waals surface area contributed by atoms with Gasteiger partial charge in [0.15, 0.2) is 5.78 Å². The van der Waals surface area contributed by atoms with Crippen molar-refractivity contribution in [2.24, 2.45) is 5.73 Å². The van der Waals surface area contributed by atoms with Gasteiger partial charge in [0.25, 0.3) is 5.91 Å². The van der Waals surface area contributed by atoms with Crippen molar-refractivity contribution in [3.05, 3.63) is 65.2 Å². The van der Waals surface area contributed by atoms with Gasteiger partial charge in [-0.1, -0.05) is 24.4 Å². The molecule has 0 heterocycles. The van der Waals surface area contributed by atoms with Gasteiger partial charge in [-0.3, -0.25) is 9.59 Å². The molecule has 2 aromatic carbocycles. The normalized spacial score (nSPS) is 9.96. The lowest BCUT2D eigenvalue weighted by molar-refractivity contribution is 0.0904. The second-order valence-corrected chi connectivity index (χ2v) is 5.22. The van der Waals surface area contributed by atoms with Crippen molar-refractivity contribution in [1.82, 2.24) is 5.32 Å². The van der Waals surface area contributed by atoms with Gasteiger partial charge in [-0.2, -0.15) is 0 Å². The Bertz CT molecular complexity index is 725. The number of thiocarbonyl (C=S) groups is 1. The zero-order valence-corrected chi connectivity index (χ0v) is 13.4. The Morgan fingerprint density at radius 1 is 1.00 bits per heavy atom. The number of Topliss-reactive ketones (excluding diaryl/α,β-unsaturated/α-hetero) is 1. The van der Waals surface area contributed by atoms with Crippen LogP contribution in [0.15, 0.2) is 48.5 Å². The molecule has 0 aromatic heterocycles. The average Bonchev–Trinajstić information content (AvgIpc) is 2.59. The molecule has 0 fully saturated rings. The summed E-state index contributed by atoms with van der Waals surface area (Å²) < 4.78 is 5.03. The maximum absolute atomic E-state index is 12.0. The van der Waals surface area contributed by atoms with Gasteiger partial charge in [0.1, 0.15) is 10.7 Å². The third kappa shape index (κ3) is 4.37. The minimum atomic E-state index is -0.332. The highest BCUT2D eigenvalue weighted by Crippen LogP contribution is 2.11. The molecule has 23 heavy (non-hydrogen) atoms. The Labute approximate surface area is 139 Å². The van der Waals surface area contributed by atoms with Gasteiger partial charge in [0, 0.05) is 16.7 Å². The molecule has 0 aliphatic heterocycles. The van der Waals surface area contributed by atoms with Crippen LogP contribution in [-0.4, -0.2) is 30.3 Å². The number of carbonyl (C=O) groups is 2. The first-order valence-electron chi connectivity index (χ1n) is 6.86. The van der Waals surface area contributed by atoms with Gasteiger partial charge in [-0.25, -0.2) is 0 Å². The molecule has 0 saturated carbocycles. The topological polar surface area (TPSA) is 81.4 Å². The van der Waals surface area contributed by atoms with Crippen molar-refractivity contribution in [2.45, 2.75) is 0 Å². The summed E-state index contributed by atoms with van der Waals surface area (Å²) in [5, 5.41) is 2.59. The standard InChI is InChI=1S/C17H16N2O3S/c1-22-14-8-6-11(7-9-14)15(20)10-19-17(21)13-4-2-12(3-5-13)16(18)23/h2-9H,10H2,1H3,(H2,18,23)(H,19,21). The van der Waals surface area contributed by atoms with Crippen LogP contribution in [0, 0.1) is 0 Å². The van der Waals surface area contributed by atoms with Crippen molar-refractivity contribution in [3.63, 3.8) is 0 Å². The van der Waals surface area contributed by atoms with Crippen LogP contribution in [0.2, 0.25) is 0 Å². The van der Waals surface area contributed by atoms with E-state index in [1.165, 1.54) is 0 Å². The van der Waals surface area contributed by atoms with E-state index in [9.17, 15) is 9.59 Å². The SMILES string of the molecule is COc1ccc(C(=O)CNC(=O)c2ccc(C(N)=S)cc2)cc1. The number of amides is 1. The van der Waals surface area contributed by atoms with E-state index in [-0.39, 0.29) is 23.2 Å². The predicted octanol–water partition coefficient (Wildman–Crippen LogP) is 1.94. The molecule has 2 aromatic rings. The van der Waals surface area contributed by atoms with Crippen LogP contribution >= 0.6 is 12.2 Å². The third-order valence-corrected chi connectivity index (χ3v) is 3.49. The summed E-state index contributed by atoms with van der Waals surface area (Å²) >= 11 is 4.85. The summed E-state index contributed by atoms with van der Waals surface area (Å²) in [7, 11) is 1.56. The van der Waals surface area contributed by atoms with Gasteiger partial charge < -0.3 is 15.8 Å². The zero-order valence-electron chi connectivity index (χ0n) is 12.5. The van der Waals surface area contributed by atoms with Crippen LogP contribution in [0.25, 0.3) is 0 Å². The fourth-order valence-corrected chi connectivity index (χ4v) is 2.06. The number of rotatable bonds is 6. The Morgan fingerprint density at radius 3 is 2.04 bits per heavy atom. The Kier molecular flexibility index (Phi) is 5.43. The molecule has 6 heteroatoms. The maximum Gasteiger partial charge on any atom is 0.251 e. The van der Waals surface area contributed by atoms with Crippen LogP contribution in [0.1, 0.15) is 26.3 Å². The van der Waals surface area contributed by atoms with E-state index in [1.807, 2.05) is 0 Å². The van der Waals surface area contributed by atoms with Crippen molar-refractivity contribution in [2.75, 3.05) is 13.7 Å². The number of benzene rings is 2. The van der Waals surface area contributed by atoms with Crippen LogP contribution in [0.3, 0.4) is 0 Å². The first-order chi connectivity index (χ1) is 11.0. The Hall–Kier alpha value is -2.73. The molecule has 0 saturated heterocycles. The van der Waals surface area contributed by atoms with E-state index in [0.717, 1.165) is 0 Å². The van der Waals surface area contributed by atoms with E-state index < -0.39 is 0 Å². The average molecular weight is 328 g/mol. The van der Waals surface area contributed by atoms with Crippen molar-refractivity contribution in [3.8, 4) is 5.75 Å². The molecular weight excluding hydrogens is 312 g/mol. The number of hydrogen-bond donors (Lipinski definition) is 2. The van der Waals surface area contributed by atoms with Gasteiger partial charge in [-0.05, 0) is 36.4 Å². The number of methoxy groups -OCH3 is 1. The van der Waals surface area contributed by atoms with E-state index in [1.54, 1.807) is 55.6 Å². The first-order valence-corrected chi connectivity index (χ1v) is 7.27. The summed E-state index contributed by atoms with van der Waals surface area (Å²) in [6.45, 7) is -0.0811. The quantitative estimate of drug-likeness (QED) is 0.626. The summed E-state index contributed by atoms with van der Waals surface area (Å²) in [5.74, 6) is 0.158. The Morgan fingerprint density at radius 2 is 1.52 bits per heavy atom. The molecular formula is C17H16N2O3S. The molecule has 0 aliphatic rings. The molecule has 2 rings (SSSR count). The highest BCUT2D eigenvalue weighted by Gasteiger charge is 2.10. The van der Waals surface area contributed by atoms with Crippen molar-refractivity contribution < 1.29 is 14.3 Å². The summed E-state index contributed by atoms with van der Waals surface area (Å²) in [6, 6.07) is 13.3. The minimum Gasteiger partial charge on any atom is -0.497 e. The minimum absolute atomic E-state index is 0.0811. The van der Waals surface area contributed by atoms with E-state index in [0.29, 0.717) is 22.4 Å². The molecule has 0 bridgehead atoms. The van der Waals surface area contributed by atoms with Crippen LogP contribution in [0.5, 0.6) is 5.75 Å². The first kappa shape index (κ1) is 16.6. The molecule has 0 atom stereocenters. The highest BCUT2D eigenvalue weighted by atomic mass is 32.1. The number of nitrogens with one attached hydrogen (secondary N) is 1. The Balaban J connectivity index is 1.94. The largest absolute Gasteiger partial charge is 0.497 e. The molecule has 1 amide bonds. The summed E-state index contributed by atoms with van der Waals surface area (Å²) in [6.07, 6.45) is 0. The smallest absolute Gasteiger partial charge is 0.251 e. The zero-order chi connectivity index (χ0) is 16.8. The second kappa shape index (κ2) is 7.51. The van der Waals surface area contributed by atoms with E-state index in [4.69, 9.17) is 22.7 Å². The lowest BCUT2D eigenvalue weighted by Crippen LogP contribution is -2.29. The van der Waals surface area contributed by atoms with Crippen molar-refractivity contribution in [1.29, 1.82) is 0 Å². The molecule has 118 valence electrons. The van der Waals surface area contributed by atoms with Crippen LogP contribution in [-0.2, 0) is 0 Å². The lowest BCUT2D eigenvalue weighted by atomic mass is 10.1. The van der Waals surface area contributed by atoms with Crippen LogP contribution < -0.4 is 15.8 Å². The van der Waals surface area contributed by atoms with E-state index >= 15 is 0 Å². The fraction of sp³-hybridized carbons (Fsp3) is 0.118. The predicted molar refractivity (Wildman–Crippen MR) is 92.0 cm³/mol. The molecule has 0 aliphatic carbocycles. The number of carbonyl (C=O) groups excluding carboxylic acids is 2. The van der Waals surface area contributed by atoms with Gasteiger partial charge >= 0.3 is 0 Å². The number of ether oxygens (including phenoxy) is 1. The molecule has 0 unspecified atom stereocenters. The van der Waals surface area contributed by atoms with E-state index in [2.05, 4.69) is 5.32 Å². The molecule has 3 N–H and O–H groups in total. The number of hydrogen-bond acceptors (Lipinski definition) is 4. The van der Waals surface area contributed by atoms with Gasteiger partial charge in [-0.15, -0.1) is 0 Å².